The van der Waals surface area contributed by atoms with E-state index in [1.165, 1.54) is 77.3 Å². The first kappa shape index (κ1) is 71.8. The molecule has 0 bridgehead atoms. The number of carboxylic acid groups (broad SMARTS) is 1. The molecule has 0 aromatic rings. The molecule has 2 amide bonds. The number of nitrogens with one attached hydrogen (secondary N) is 4. The first-order valence-corrected chi connectivity index (χ1v) is 29.6. The normalized spacial score (nSPS) is 21.2. The third-order valence-corrected chi connectivity index (χ3v) is 16.3. The Balaban J connectivity index is 0. The fourth-order valence-electron chi connectivity index (χ4n) is 10.2. The van der Waals surface area contributed by atoms with E-state index < -0.39 is 18.4 Å². The molecule has 0 unspecified atom stereocenters. The number of hydrogen-bond donors (Lipinski definition) is 10. The van der Waals surface area contributed by atoms with E-state index in [1.54, 1.807) is 6.82 Å². The summed E-state index contributed by atoms with van der Waals surface area (Å²) in [5.74, 6) is -0.0882. The summed E-state index contributed by atoms with van der Waals surface area (Å²) in [6.45, 7) is 23.5. The van der Waals surface area contributed by atoms with Crippen LogP contribution in [-0.2, 0) is 23.8 Å². The van der Waals surface area contributed by atoms with Crippen molar-refractivity contribution in [2.75, 3.05) is 98.1 Å². The summed E-state index contributed by atoms with van der Waals surface area (Å²) in [6.07, 6.45) is 27.7. The second kappa shape index (κ2) is 41.9. The van der Waals surface area contributed by atoms with Crippen LogP contribution in [0.5, 0.6) is 0 Å². The molecule has 0 spiro atoms. The summed E-state index contributed by atoms with van der Waals surface area (Å²) in [5, 5.41) is 48.0. The molecule has 17 nitrogen and oxygen atoms in total. The molecule has 5 aliphatic carbocycles. The molecule has 0 aromatic heterocycles. The van der Waals surface area contributed by atoms with Crippen molar-refractivity contribution in [1.82, 2.24) is 31.0 Å². The van der Waals surface area contributed by atoms with Gasteiger partial charge in [0.2, 0.25) is 11.8 Å². The van der Waals surface area contributed by atoms with Crippen molar-refractivity contribution in [3.05, 3.63) is 0 Å². The molecule has 430 valence electrons. The van der Waals surface area contributed by atoms with E-state index >= 15 is 0 Å². The van der Waals surface area contributed by atoms with Crippen molar-refractivity contribution in [2.24, 2.45) is 38.5 Å². The topological polar surface area (TPSA) is 273 Å². The molecular formula is C54H112B3N8O9+. The van der Waals surface area contributed by atoms with Crippen LogP contribution in [0.4, 0.5) is 0 Å². The Morgan fingerprint density at radius 3 is 1.16 bits per heavy atom. The van der Waals surface area contributed by atoms with Gasteiger partial charge in [-0.3, -0.25) is 9.59 Å². The molecule has 8 rings (SSSR count). The summed E-state index contributed by atoms with van der Waals surface area (Å²) in [4.78, 5) is 39.5. The molecule has 3 heterocycles. The van der Waals surface area contributed by atoms with Crippen molar-refractivity contribution < 1.29 is 45.6 Å². The van der Waals surface area contributed by atoms with Gasteiger partial charge in [0.05, 0.1) is 10.8 Å². The Hall–Kier alpha value is -2.16. The van der Waals surface area contributed by atoms with Gasteiger partial charge in [0.1, 0.15) is 0 Å². The van der Waals surface area contributed by atoms with E-state index in [0.29, 0.717) is 44.4 Å². The molecule has 12 N–H and O–H groups in total. The predicted octanol–water partition coefficient (Wildman–Crippen LogP) is 5.64. The summed E-state index contributed by atoms with van der Waals surface area (Å²) >= 11 is 0. The minimum atomic E-state index is -0.743. The van der Waals surface area contributed by atoms with Gasteiger partial charge < -0.3 is 41.9 Å². The third-order valence-electron chi connectivity index (χ3n) is 16.3. The second-order valence-electron chi connectivity index (χ2n) is 21.3. The number of carbonyl (C=O) groups is 3. The molecule has 0 radical (unpaired) electrons. The van der Waals surface area contributed by atoms with Gasteiger partial charge >= 0.3 is 146 Å². The average Bonchev–Trinajstić information content (AvgIpc) is 3.39. The predicted molar refractivity (Wildman–Crippen MR) is 305 cm³/mol. The number of hydrogen-bond acceptors (Lipinski definition) is 14. The monoisotopic (exact) mass is 1050 g/mol. The molecule has 3 aliphatic heterocycles. The standard InChI is InChI=1S/C12H23BN2O2.C11H20N2O.C7H12BNO3.C7H14BNO2.C6H13NO.C5H11N.3C2H6/c1-13(17)14-10-12(6-5-7-12)11(16)15-8-3-2-4-9-15;12-9-11(5-4-6-11)10(14)13-7-2-1-3-8-13;10-6(11)7(2-1-3-7)4-9-5-8-12;10-5-7(2-1-3-7)4-9-6-8-11;7-4-6(5-8)2-1-3-6;1-2-4-6-5-3-1;3*1-2/h14,17H,2-10H2,1H3;1-9,12H2;9H,1-5H2,(H,10,11);9-10H,1-6H2;8H,1-5,7H2;6H,1-5H2;3*1-2H3/p+1. The number of likely N-dealkylation sites (tertiary alicyclic amines) is 2. The number of carbonyl (C=O) groups excluding carboxylic acids is 2. The fraction of sp³-hybridized carbons (Fsp3) is 0.944. The van der Waals surface area contributed by atoms with Crippen LogP contribution in [0.2, 0.25) is 6.82 Å². The number of aliphatic hydroxyl groups is 2. The molecule has 0 aromatic carbocycles. The van der Waals surface area contributed by atoms with Gasteiger partial charge in [-0.25, -0.2) is 0 Å². The molecule has 0 atom stereocenters. The average molecular weight is 1050 g/mol. The Labute approximate surface area is 453 Å². The Morgan fingerprint density at radius 1 is 0.541 bits per heavy atom. The molecule has 5 saturated carbocycles. The van der Waals surface area contributed by atoms with Crippen LogP contribution in [0.25, 0.3) is 0 Å². The van der Waals surface area contributed by atoms with Gasteiger partial charge in [-0.1, -0.05) is 67.2 Å². The molecular weight excluding hydrogens is 937 g/mol. The largest absolute Gasteiger partial charge is 1.00 e. The van der Waals surface area contributed by atoms with E-state index in [2.05, 4.69) is 21.2 Å². The molecule has 74 heavy (non-hydrogen) atoms. The van der Waals surface area contributed by atoms with E-state index in [4.69, 9.17) is 26.8 Å². The number of nitrogens with two attached hydrogens (primary N) is 2. The van der Waals surface area contributed by atoms with E-state index in [9.17, 15) is 28.8 Å². The first-order valence-electron chi connectivity index (χ1n) is 29.6. The van der Waals surface area contributed by atoms with Crippen LogP contribution >= 0.6 is 0 Å². The smallest absolute Gasteiger partial charge is 1.00 e. The Bertz CT molecular complexity index is 1430. The summed E-state index contributed by atoms with van der Waals surface area (Å²) in [6, 6.07) is 0. The van der Waals surface area contributed by atoms with Crippen molar-refractivity contribution in [2.45, 2.75) is 202 Å². The van der Waals surface area contributed by atoms with Crippen LogP contribution in [0.1, 0.15) is 197 Å². The molecule has 3 saturated heterocycles. The zero-order valence-electron chi connectivity index (χ0n) is 49.2. The number of nitrogens with zero attached hydrogens (tertiary/aromatic N) is 2. The van der Waals surface area contributed by atoms with E-state index in [0.717, 1.165) is 137 Å². The minimum Gasteiger partial charge on any atom is 1.00 e. The number of carboxylic acids is 1. The molecule has 20 heteroatoms. The van der Waals surface area contributed by atoms with Gasteiger partial charge in [-0.2, -0.15) is 0 Å². The maximum absolute atomic E-state index is 12.5. The molecule has 8 aliphatic rings. The number of amides is 2. The van der Waals surface area contributed by atoms with Gasteiger partial charge in [0.15, 0.2) is 0 Å². The number of aliphatic hydroxyl groups excluding tert-OH is 2. The minimum absolute atomic E-state index is 0. The zero-order valence-corrected chi connectivity index (χ0v) is 48.2. The van der Waals surface area contributed by atoms with Crippen LogP contribution in [0.3, 0.4) is 0 Å². The fourth-order valence-corrected chi connectivity index (χ4v) is 10.2. The summed E-state index contributed by atoms with van der Waals surface area (Å²) in [5.41, 5.74) is 10.4. The summed E-state index contributed by atoms with van der Waals surface area (Å²) in [7, 11) is 1.07. The van der Waals surface area contributed by atoms with Crippen LogP contribution in [0.15, 0.2) is 0 Å². The first-order chi connectivity index (χ1) is 35.8. The van der Waals surface area contributed by atoms with Crippen molar-refractivity contribution in [3.8, 4) is 0 Å². The Morgan fingerprint density at radius 2 is 0.919 bits per heavy atom. The third kappa shape index (κ3) is 24.7. The van der Waals surface area contributed by atoms with Crippen LogP contribution in [0, 0.1) is 27.1 Å². The van der Waals surface area contributed by atoms with Crippen LogP contribution < -0.4 is 32.6 Å². The maximum Gasteiger partial charge on any atom is 1.00 e. The van der Waals surface area contributed by atoms with Crippen LogP contribution in [-0.4, -0.2) is 167 Å². The molecule has 8 fully saturated rings. The maximum atomic E-state index is 12.5. The van der Waals surface area contributed by atoms with E-state index in [1.807, 2.05) is 51.3 Å². The van der Waals surface area contributed by atoms with Gasteiger partial charge in [-0.15, -0.1) is 0 Å². The SMILES string of the molecule is C1CCNCC1.CB(O)NCC1(C(=O)N2CCCCC2)CCC1.CC.CC.CC.NCC1(C(=O)N2CCCCC2)CCC1.NCC1(CO)CCC1.O=BCNCC1(C(=O)O)CCC1.O=BCNCC1(CO)CCC1.[H+]. The van der Waals surface area contributed by atoms with Crippen molar-refractivity contribution in [3.63, 3.8) is 0 Å². The quantitative estimate of drug-likeness (QED) is 0.0588. The second-order valence-corrected chi connectivity index (χ2v) is 21.3. The van der Waals surface area contributed by atoms with Gasteiger partial charge in [0.25, 0.3) is 0 Å². The summed E-state index contributed by atoms with van der Waals surface area (Å²) < 4.78 is 19.9. The number of piperidine rings is 3. The van der Waals surface area contributed by atoms with E-state index in [-0.39, 0.29) is 42.7 Å². The van der Waals surface area contributed by atoms with Crippen molar-refractivity contribution >= 4 is 39.1 Å². The van der Waals surface area contributed by atoms with Crippen molar-refractivity contribution in [1.29, 1.82) is 0 Å². The Kier molecular flexibility index (Phi) is 40.7. The van der Waals surface area contributed by atoms with Gasteiger partial charge in [-0.05, 0) is 110 Å². The number of rotatable bonds is 18. The van der Waals surface area contributed by atoms with Gasteiger partial charge in [0, 0.05) is 57.8 Å². The zero-order chi connectivity index (χ0) is 55.8. The number of aliphatic carboxylic acids is 1.